The summed E-state index contributed by atoms with van der Waals surface area (Å²) in [5.41, 5.74) is 3.35. The van der Waals surface area contributed by atoms with Crippen molar-refractivity contribution in [3.63, 3.8) is 0 Å². The summed E-state index contributed by atoms with van der Waals surface area (Å²) in [6.07, 6.45) is 1.62. The Bertz CT molecular complexity index is 1520. The highest BCUT2D eigenvalue weighted by molar-refractivity contribution is 7.89. The van der Waals surface area contributed by atoms with Crippen molar-refractivity contribution in [2.75, 3.05) is 26.2 Å². The average molecular weight is 550 g/mol. The second kappa shape index (κ2) is 11.3. The number of aromatic amines is 1. The molecule has 0 spiro atoms. The van der Waals surface area contributed by atoms with Gasteiger partial charge in [-0.3, -0.25) is 0 Å². The monoisotopic (exact) mass is 549 g/mol. The van der Waals surface area contributed by atoms with Gasteiger partial charge in [0.1, 0.15) is 18.5 Å². The van der Waals surface area contributed by atoms with Crippen LogP contribution in [0.5, 0.6) is 5.75 Å². The zero-order valence-electron chi connectivity index (χ0n) is 23.0. The van der Waals surface area contributed by atoms with E-state index in [4.69, 9.17) is 4.74 Å². The highest BCUT2D eigenvalue weighted by atomic mass is 32.2. The number of rotatable bonds is 9. The fourth-order valence-electron chi connectivity index (χ4n) is 5.38. The Balaban J connectivity index is 1.10. The summed E-state index contributed by atoms with van der Waals surface area (Å²) in [5.74, 6) is 0.744. The van der Waals surface area contributed by atoms with Crippen molar-refractivity contribution in [2.24, 2.45) is 5.41 Å². The van der Waals surface area contributed by atoms with E-state index in [9.17, 15) is 13.5 Å². The number of aliphatic hydroxyl groups excluding tert-OH is 1. The van der Waals surface area contributed by atoms with Gasteiger partial charge in [0.2, 0.25) is 10.0 Å². The summed E-state index contributed by atoms with van der Waals surface area (Å²) in [4.78, 5) is 3.76. The van der Waals surface area contributed by atoms with E-state index in [1.807, 2.05) is 48.5 Å². The molecule has 1 aliphatic heterocycles. The van der Waals surface area contributed by atoms with Crippen molar-refractivity contribution >= 4 is 31.8 Å². The first kappa shape index (κ1) is 27.6. The Morgan fingerprint density at radius 1 is 1.00 bits per heavy atom. The van der Waals surface area contributed by atoms with Gasteiger partial charge in [0.15, 0.2) is 0 Å². The molecular weight excluding hydrogens is 510 g/mol. The van der Waals surface area contributed by atoms with Gasteiger partial charge in [-0.05, 0) is 60.6 Å². The molecule has 5 rings (SSSR count). The number of piperidine rings is 1. The van der Waals surface area contributed by atoms with Gasteiger partial charge in [-0.2, -0.15) is 4.31 Å². The van der Waals surface area contributed by atoms with Crippen LogP contribution < -0.4 is 10.1 Å². The molecule has 1 fully saturated rings. The fourth-order valence-corrected chi connectivity index (χ4v) is 6.85. The lowest BCUT2D eigenvalue weighted by Gasteiger charge is -2.32. The fraction of sp³-hybridized carbons (Fsp3) is 0.419. The van der Waals surface area contributed by atoms with Crippen LogP contribution in [-0.2, 0) is 16.4 Å². The maximum Gasteiger partial charge on any atom is 0.243 e. The van der Waals surface area contributed by atoms with Crippen molar-refractivity contribution < 1.29 is 18.3 Å². The van der Waals surface area contributed by atoms with E-state index >= 15 is 0 Å². The Morgan fingerprint density at radius 2 is 1.69 bits per heavy atom. The molecule has 3 aromatic carbocycles. The van der Waals surface area contributed by atoms with Gasteiger partial charge in [0, 0.05) is 42.0 Å². The van der Waals surface area contributed by atoms with E-state index in [1.54, 1.807) is 16.4 Å². The Labute approximate surface area is 231 Å². The number of sulfonamides is 1. The summed E-state index contributed by atoms with van der Waals surface area (Å²) in [5, 5.41) is 16.1. The molecule has 7 nitrogen and oxygen atoms in total. The molecule has 8 heteroatoms. The Kier molecular flexibility index (Phi) is 8.01. The van der Waals surface area contributed by atoms with Crippen LogP contribution in [0.2, 0.25) is 0 Å². The van der Waals surface area contributed by atoms with E-state index < -0.39 is 16.1 Å². The first-order valence-corrected chi connectivity index (χ1v) is 15.2. The van der Waals surface area contributed by atoms with Crippen LogP contribution in [0.25, 0.3) is 21.8 Å². The number of aromatic nitrogens is 1. The normalized spacial score (nSPS) is 16.6. The van der Waals surface area contributed by atoms with Crippen molar-refractivity contribution in [3.8, 4) is 5.75 Å². The molecule has 1 aliphatic rings. The summed E-state index contributed by atoms with van der Waals surface area (Å²) in [6, 6.07) is 21.5. The van der Waals surface area contributed by atoms with Gasteiger partial charge in [-0.15, -0.1) is 0 Å². The standard InChI is InChI=1S/C31H39N3O4S/c1-31(2,3)19-22-11-13-25(14-12-22)39(36,37)34-17-15-23(16-18-34)32-20-24(35)21-38-29-10-6-9-28-30(29)26-7-4-5-8-27(26)33-28/h4-14,23-24,32-33,35H,15-21H2,1-3H3/t24-/m0/s1. The summed E-state index contributed by atoms with van der Waals surface area (Å²) in [6.45, 7) is 7.99. The second-order valence-corrected chi connectivity index (χ2v) is 13.7. The van der Waals surface area contributed by atoms with Gasteiger partial charge < -0.3 is 20.1 Å². The number of hydrogen-bond donors (Lipinski definition) is 3. The molecule has 2 heterocycles. The molecule has 3 N–H and O–H groups in total. The van der Waals surface area contributed by atoms with Crippen LogP contribution in [0.1, 0.15) is 39.2 Å². The summed E-state index contributed by atoms with van der Waals surface area (Å²) in [7, 11) is -3.51. The molecule has 0 bridgehead atoms. The lowest BCUT2D eigenvalue weighted by atomic mass is 9.88. The molecule has 39 heavy (non-hydrogen) atoms. The van der Waals surface area contributed by atoms with Gasteiger partial charge >= 0.3 is 0 Å². The molecule has 0 amide bonds. The predicted octanol–water partition coefficient (Wildman–Crippen LogP) is 5.09. The second-order valence-electron chi connectivity index (χ2n) is 11.8. The summed E-state index contributed by atoms with van der Waals surface area (Å²) < 4.78 is 34.0. The first-order chi connectivity index (χ1) is 18.6. The van der Waals surface area contributed by atoms with Gasteiger partial charge in [-0.1, -0.05) is 57.2 Å². The minimum absolute atomic E-state index is 0.150. The highest BCUT2D eigenvalue weighted by Gasteiger charge is 2.29. The van der Waals surface area contributed by atoms with Crippen LogP contribution in [0.15, 0.2) is 71.6 Å². The van der Waals surface area contributed by atoms with E-state index in [2.05, 4.69) is 37.1 Å². The van der Waals surface area contributed by atoms with Crippen LogP contribution in [0.3, 0.4) is 0 Å². The highest BCUT2D eigenvalue weighted by Crippen LogP contribution is 2.33. The molecule has 0 saturated carbocycles. The number of H-pyrrole nitrogens is 1. The van der Waals surface area contributed by atoms with Gasteiger partial charge in [0.05, 0.1) is 10.4 Å². The zero-order chi connectivity index (χ0) is 27.6. The van der Waals surface area contributed by atoms with Gasteiger partial charge in [0.25, 0.3) is 0 Å². The zero-order valence-corrected chi connectivity index (χ0v) is 23.8. The molecular formula is C31H39N3O4S. The van der Waals surface area contributed by atoms with Crippen molar-refractivity contribution in [1.82, 2.24) is 14.6 Å². The van der Waals surface area contributed by atoms with E-state index in [-0.39, 0.29) is 18.1 Å². The smallest absolute Gasteiger partial charge is 0.243 e. The van der Waals surface area contributed by atoms with Crippen LogP contribution in [-0.4, -0.2) is 61.2 Å². The third-order valence-corrected chi connectivity index (χ3v) is 9.23. The lowest BCUT2D eigenvalue weighted by molar-refractivity contribution is 0.102. The van der Waals surface area contributed by atoms with Crippen LogP contribution in [0.4, 0.5) is 0 Å². The molecule has 208 valence electrons. The number of aliphatic hydroxyl groups is 1. The van der Waals surface area contributed by atoms with Crippen LogP contribution in [0, 0.1) is 5.41 Å². The molecule has 1 atom stereocenters. The molecule has 0 radical (unpaired) electrons. The summed E-state index contributed by atoms with van der Waals surface area (Å²) >= 11 is 0. The predicted molar refractivity (Wildman–Crippen MR) is 157 cm³/mol. The quantitative estimate of drug-likeness (QED) is 0.270. The SMILES string of the molecule is CC(C)(C)Cc1ccc(S(=O)(=O)N2CCC(NC[C@H](O)COc3cccc4[nH]c5ccccc5c34)CC2)cc1. The van der Waals surface area contributed by atoms with Crippen molar-refractivity contribution in [1.29, 1.82) is 0 Å². The Morgan fingerprint density at radius 3 is 2.41 bits per heavy atom. The van der Waals surface area contributed by atoms with Crippen LogP contribution >= 0.6 is 0 Å². The maximum atomic E-state index is 13.2. The van der Waals surface area contributed by atoms with E-state index in [0.29, 0.717) is 37.4 Å². The third-order valence-electron chi connectivity index (χ3n) is 7.31. The number of benzene rings is 3. The topological polar surface area (TPSA) is 94.7 Å². The molecule has 0 aliphatic carbocycles. The largest absolute Gasteiger partial charge is 0.490 e. The molecule has 1 aromatic heterocycles. The number of para-hydroxylation sites is 1. The maximum absolute atomic E-state index is 13.2. The number of nitrogens with one attached hydrogen (secondary N) is 2. The number of ether oxygens (including phenoxy) is 1. The Hall–Kier alpha value is -2.91. The van der Waals surface area contributed by atoms with Crippen molar-refractivity contribution in [3.05, 3.63) is 72.3 Å². The molecule has 1 saturated heterocycles. The minimum atomic E-state index is -3.51. The lowest BCUT2D eigenvalue weighted by Crippen LogP contribution is -2.47. The van der Waals surface area contributed by atoms with E-state index in [0.717, 1.165) is 39.5 Å². The van der Waals surface area contributed by atoms with Crippen molar-refractivity contribution in [2.45, 2.75) is 57.1 Å². The van der Waals surface area contributed by atoms with E-state index in [1.165, 1.54) is 0 Å². The number of fused-ring (bicyclic) bond motifs is 3. The minimum Gasteiger partial charge on any atom is -0.490 e. The molecule has 0 unspecified atom stereocenters. The number of nitrogens with zero attached hydrogens (tertiary/aromatic N) is 1. The first-order valence-electron chi connectivity index (χ1n) is 13.7. The average Bonchev–Trinajstić information content (AvgIpc) is 3.30. The molecule has 4 aromatic rings. The third kappa shape index (κ3) is 6.47. The van der Waals surface area contributed by atoms with Gasteiger partial charge in [-0.25, -0.2) is 8.42 Å². The number of hydrogen-bond acceptors (Lipinski definition) is 5.